The van der Waals surface area contributed by atoms with Crippen LogP contribution in [0.15, 0.2) is 31.1 Å². The Balaban J connectivity index is 2.48. The number of hydrogen-bond acceptors (Lipinski definition) is 5. The van der Waals surface area contributed by atoms with Gasteiger partial charge in [0.2, 0.25) is 5.91 Å². The minimum Gasteiger partial charge on any atom is -0.480 e. The second kappa shape index (κ2) is 10.8. The van der Waals surface area contributed by atoms with Crippen molar-refractivity contribution < 1.29 is 29.1 Å². The van der Waals surface area contributed by atoms with E-state index in [2.05, 4.69) is 22.7 Å². The number of amides is 3. The van der Waals surface area contributed by atoms with Crippen LogP contribution >= 0.6 is 0 Å². The Morgan fingerprint density at radius 1 is 1.30 bits per heavy atom. The molecule has 0 bridgehead atoms. The zero-order valence-electron chi connectivity index (χ0n) is 15.2. The molecule has 0 aliphatic heterocycles. The molecule has 0 saturated heterocycles. The van der Waals surface area contributed by atoms with E-state index in [4.69, 9.17) is 9.94 Å². The summed E-state index contributed by atoms with van der Waals surface area (Å²) < 4.78 is 1.47. The zero-order valence-corrected chi connectivity index (χ0v) is 15.2. The number of aliphatic carboxylic acids is 1. The molecule has 10 nitrogen and oxygen atoms in total. The summed E-state index contributed by atoms with van der Waals surface area (Å²) in [4.78, 5) is 51.3. The largest absolute Gasteiger partial charge is 0.480 e. The van der Waals surface area contributed by atoms with Crippen molar-refractivity contribution in [2.75, 3.05) is 13.2 Å². The number of carbonyl (C=O) groups excluding carboxylic acids is 3. The molecular formula is C17H24N4O6. The van der Waals surface area contributed by atoms with Gasteiger partial charge in [0.05, 0.1) is 18.7 Å². The van der Waals surface area contributed by atoms with Crippen LogP contribution in [0.1, 0.15) is 24.2 Å². The molecule has 0 fully saturated rings. The number of hydroxylamine groups is 1. The Hall–Kier alpha value is -3.14. The van der Waals surface area contributed by atoms with Crippen LogP contribution in [0.4, 0.5) is 0 Å². The number of carbonyl (C=O) groups is 4. The molecule has 0 aromatic carbocycles. The SMILES string of the molecule is C=CCONC(=O)Cn1ccc(C(=O)NCC(=O)N[C@H](C(=O)O)C(C)C)c1. The molecular weight excluding hydrogens is 356 g/mol. The van der Waals surface area contributed by atoms with Gasteiger partial charge in [-0.1, -0.05) is 19.9 Å². The monoisotopic (exact) mass is 380 g/mol. The van der Waals surface area contributed by atoms with Gasteiger partial charge in [-0.3, -0.25) is 19.2 Å². The van der Waals surface area contributed by atoms with E-state index < -0.39 is 29.7 Å². The average molecular weight is 380 g/mol. The predicted octanol–water partition coefficient (Wildman–Crippen LogP) is -0.323. The fourth-order valence-corrected chi connectivity index (χ4v) is 2.05. The van der Waals surface area contributed by atoms with Gasteiger partial charge in [-0.05, 0) is 12.0 Å². The summed E-state index contributed by atoms with van der Waals surface area (Å²) in [5.74, 6) is -2.98. The second-order valence-corrected chi connectivity index (χ2v) is 6.01. The number of hydrogen-bond donors (Lipinski definition) is 4. The van der Waals surface area contributed by atoms with Gasteiger partial charge in [0.25, 0.3) is 11.8 Å². The first-order valence-electron chi connectivity index (χ1n) is 8.22. The van der Waals surface area contributed by atoms with Crippen LogP contribution in [0.2, 0.25) is 0 Å². The summed E-state index contributed by atoms with van der Waals surface area (Å²) in [5, 5.41) is 13.8. The van der Waals surface area contributed by atoms with E-state index in [1.807, 2.05) is 0 Å². The van der Waals surface area contributed by atoms with Gasteiger partial charge in [-0.25, -0.2) is 10.3 Å². The summed E-state index contributed by atoms with van der Waals surface area (Å²) in [5.41, 5.74) is 2.47. The molecule has 3 amide bonds. The molecule has 0 unspecified atom stereocenters. The number of carboxylic acids is 1. The molecule has 4 N–H and O–H groups in total. The van der Waals surface area contributed by atoms with Gasteiger partial charge in [-0.15, -0.1) is 6.58 Å². The van der Waals surface area contributed by atoms with E-state index in [1.165, 1.54) is 29.1 Å². The normalized spacial score (nSPS) is 11.5. The topological polar surface area (TPSA) is 139 Å². The standard InChI is InChI=1S/C17H24N4O6/c1-4-7-27-20-14(23)10-21-6-5-12(9-21)16(24)18-8-13(22)19-15(11(2)3)17(25)26/h4-6,9,11,15H,1,7-8,10H2,2-3H3,(H,18,24)(H,19,22)(H,20,23)(H,25,26)/t15-/m0/s1. The molecule has 0 spiro atoms. The van der Waals surface area contributed by atoms with Gasteiger partial charge in [0, 0.05) is 12.4 Å². The fourth-order valence-electron chi connectivity index (χ4n) is 2.05. The first-order chi connectivity index (χ1) is 12.7. The van der Waals surface area contributed by atoms with Crippen LogP contribution in [-0.2, 0) is 25.8 Å². The summed E-state index contributed by atoms with van der Waals surface area (Å²) in [6, 6.07) is 0.455. The van der Waals surface area contributed by atoms with Gasteiger partial charge >= 0.3 is 5.97 Å². The van der Waals surface area contributed by atoms with Crippen LogP contribution < -0.4 is 16.1 Å². The molecule has 1 aromatic heterocycles. The summed E-state index contributed by atoms with van der Waals surface area (Å²) >= 11 is 0. The van der Waals surface area contributed by atoms with Gasteiger partial charge in [0.15, 0.2) is 0 Å². The van der Waals surface area contributed by atoms with Crippen LogP contribution in [0, 0.1) is 5.92 Å². The van der Waals surface area contributed by atoms with E-state index >= 15 is 0 Å². The van der Waals surface area contributed by atoms with Crippen molar-refractivity contribution in [3.8, 4) is 0 Å². The average Bonchev–Trinajstić information content (AvgIpc) is 3.05. The van der Waals surface area contributed by atoms with Crippen LogP contribution in [-0.4, -0.2) is 52.6 Å². The highest BCUT2D eigenvalue weighted by molar-refractivity contribution is 5.96. The lowest BCUT2D eigenvalue weighted by Crippen LogP contribution is -2.48. The molecule has 0 aliphatic carbocycles. The van der Waals surface area contributed by atoms with Crippen LogP contribution in [0.5, 0.6) is 0 Å². The van der Waals surface area contributed by atoms with E-state index in [1.54, 1.807) is 13.8 Å². The molecule has 1 rings (SSSR count). The Labute approximate surface area is 156 Å². The van der Waals surface area contributed by atoms with Crippen LogP contribution in [0.25, 0.3) is 0 Å². The maximum Gasteiger partial charge on any atom is 0.326 e. The maximum atomic E-state index is 12.1. The number of aromatic nitrogens is 1. The Morgan fingerprint density at radius 3 is 2.59 bits per heavy atom. The maximum absolute atomic E-state index is 12.1. The Kier molecular flexibility index (Phi) is 8.73. The van der Waals surface area contributed by atoms with Crippen molar-refractivity contribution in [2.45, 2.75) is 26.4 Å². The molecule has 0 aliphatic rings. The van der Waals surface area contributed by atoms with Crippen molar-refractivity contribution in [2.24, 2.45) is 5.92 Å². The summed E-state index contributed by atoms with van der Waals surface area (Å²) in [6.07, 6.45) is 4.45. The Morgan fingerprint density at radius 2 is 2.00 bits per heavy atom. The summed E-state index contributed by atoms with van der Waals surface area (Å²) in [7, 11) is 0. The van der Waals surface area contributed by atoms with Crippen molar-refractivity contribution in [1.29, 1.82) is 0 Å². The fraction of sp³-hybridized carbons (Fsp3) is 0.412. The molecule has 0 saturated carbocycles. The minimum absolute atomic E-state index is 0.0560. The number of nitrogens with zero attached hydrogens (tertiary/aromatic N) is 1. The molecule has 10 heteroatoms. The van der Waals surface area contributed by atoms with Crippen molar-refractivity contribution in [3.05, 3.63) is 36.7 Å². The molecule has 27 heavy (non-hydrogen) atoms. The van der Waals surface area contributed by atoms with Crippen LogP contribution in [0.3, 0.4) is 0 Å². The van der Waals surface area contributed by atoms with E-state index in [-0.39, 0.29) is 31.2 Å². The molecule has 1 heterocycles. The Bertz CT molecular complexity index is 697. The highest BCUT2D eigenvalue weighted by atomic mass is 16.6. The highest BCUT2D eigenvalue weighted by Crippen LogP contribution is 2.02. The first-order valence-corrected chi connectivity index (χ1v) is 8.22. The first kappa shape index (κ1) is 21.9. The summed E-state index contributed by atoms with van der Waals surface area (Å²) in [6.45, 7) is 6.53. The second-order valence-electron chi connectivity index (χ2n) is 6.01. The smallest absolute Gasteiger partial charge is 0.326 e. The molecule has 0 radical (unpaired) electrons. The lowest BCUT2D eigenvalue weighted by molar-refractivity contribution is -0.142. The number of carboxylic acid groups (broad SMARTS) is 1. The van der Waals surface area contributed by atoms with Crippen molar-refractivity contribution in [1.82, 2.24) is 20.7 Å². The zero-order chi connectivity index (χ0) is 20.4. The third-order valence-electron chi connectivity index (χ3n) is 3.38. The lowest BCUT2D eigenvalue weighted by Gasteiger charge is -2.17. The van der Waals surface area contributed by atoms with Crippen molar-refractivity contribution in [3.63, 3.8) is 0 Å². The van der Waals surface area contributed by atoms with E-state index in [9.17, 15) is 19.2 Å². The quantitative estimate of drug-likeness (QED) is 0.236. The van der Waals surface area contributed by atoms with E-state index in [0.717, 1.165) is 0 Å². The number of nitrogens with one attached hydrogen (secondary N) is 3. The molecule has 1 atom stereocenters. The third-order valence-corrected chi connectivity index (χ3v) is 3.38. The lowest BCUT2D eigenvalue weighted by atomic mass is 10.1. The van der Waals surface area contributed by atoms with Gasteiger partial charge in [0.1, 0.15) is 12.6 Å². The number of rotatable bonds is 11. The molecule has 1 aromatic rings. The van der Waals surface area contributed by atoms with Crippen molar-refractivity contribution >= 4 is 23.7 Å². The third kappa shape index (κ3) is 7.74. The minimum atomic E-state index is -1.14. The predicted molar refractivity (Wildman–Crippen MR) is 95.5 cm³/mol. The van der Waals surface area contributed by atoms with E-state index in [0.29, 0.717) is 0 Å². The van der Waals surface area contributed by atoms with Gasteiger partial charge < -0.3 is 20.3 Å². The van der Waals surface area contributed by atoms with Gasteiger partial charge in [-0.2, -0.15) is 0 Å². The molecule has 148 valence electrons. The highest BCUT2D eigenvalue weighted by Gasteiger charge is 2.23.